The number of aromatic nitrogens is 1. The first-order valence-corrected chi connectivity index (χ1v) is 7.42. The number of hydrogen-bond acceptors (Lipinski definition) is 6. The zero-order valence-corrected chi connectivity index (χ0v) is 14.1. The number of hydrazone groups is 1. The number of nitrogens with zero attached hydrogens (tertiary/aromatic N) is 3. The molecule has 0 aliphatic rings. The summed E-state index contributed by atoms with van der Waals surface area (Å²) >= 11 is 5.30. The molecule has 108 valence electrons. The van der Waals surface area contributed by atoms with E-state index in [1.807, 2.05) is 22.6 Å². The van der Waals surface area contributed by atoms with Gasteiger partial charge < -0.3 is 5.11 Å². The van der Waals surface area contributed by atoms with E-state index in [-0.39, 0.29) is 17.3 Å². The second-order valence-corrected chi connectivity index (χ2v) is 5.90. The Morgan fingerprint density at radius 2 is 2.29 bits per heavy atom. The number of phenolic OH excluding ortho intramolecular Hbond substituents is 1. The van der Waals surface area contributed by atoms with Crippen molar-refractivity contribution in [1.82, 2.24) is 4.98 Å². The van der Waals surface area contributed by atoms with Gasteiger partial charge in [0.1, 0.15) is 5.75 Å². The summed E-state index contributed by atoms with van der Waals surface area (Å²) in [6, 6.07) is 6.22. The Morgan fingerprint density at radius 1 is 1.52 bits per heavy atom. The topological polar surface area (TPSA) is 101 Å². The molecule has 1 aromatic carbocycles. The van der Waals surface area contributed by atoms with E-state index in [4.69, 9.17) is 0 Å². The van der Waals surface area contributed by atoms with Crippen LogP contribution in [0.4, 0.5) is 11.5 Å². The normalized spacial score (nSPS) is 10.8. The van der Waals surface area contributed by atoms with Crippen LogP contribution < -0.4 is 5.43 Å². The molecule has 0 spiro atoms. The van der Waals surface area contributed by atoms with E-state index in [9.17, 15) is 15.2 Å². The van der Waals surface area contributed by atoms with Gasteiger partial charge in [0.2, 0.25) is 5.82 Å². The Balaban J connectivity index is 2.23. The van der Waals surface area contributed by atoms with Crippen molar-refractivity contribution in [2.75, 3.05) is 5.43 Å². The van der Waals surface area contributed by atoms with Gasteiger partial charge in [0.05, 0.1) is 14.7 Å². The molecule has 9 heteroatoms. The lowest BCUT2D eigenvalue weighted by molar-refractivity contribution is -0.384. The van der Waals surface area contributed by atoms with Crippen LogP contribution in [-0.4, -0.2) is 21.2 Å². The standard InChI is InChI=1S/C12H8BrIN4O3/c13-8-4-7(11(19)9(14)5-8)6-16-17-12-10(18(20)21)2-1-3-15-12/h1-6,19H,(H,15,17)/b16-6+. The fourth-order valence-corrected chi connectivity index (χ4v) is 3.03. The van der Waals surface area contributed by atoms with Crippen LogP contribution >= 0.6 is 38.5 Å². The van der Waals surface area contributed by atoms with E-state index in [2.05, 4.69) is 31.4 Å². The van der Waals surface area contributed by atoms with Crippen LogP contribution in [-0.2, 0) is 0 Å². The van der Waals surface area contributed by atoms with Crippen LogP contribution in [0.15, 0.2) is 40.0 Å². The van der Waals surface area contributed by atoms with Crippen molar-refractivity contribution >= 4 is 56.2 Å². The van der Waals surface area contributed by atoms with Gasteiger partial charge in [-0.05, 0) is 40.8 Å². The highest BCUT2D eigenvalue weighted by atomic mass is 127. The van der Waals surface area contributed by atoms with Crippen molar-refractivity contribution in [2.45, 2.75) is 0 Å². The lowest BCUT2D eigenvalue weighted by atomic mass is 10.2. The zero-order valence-electron chi connectivity index (χ0n) is 10.3. The van der Waals surface area contributed by atoms with Crippen LogP contribution in [0.1, 0.15) is 5.56 Å². The molecule has 0 atom stereocenters. The van der Waals surface area contributed by atoms with Crippen molar-refractivity contribution in [1.29, 1.82) is 0 Å². The molecule has 2 rings (SSSR count). The molecule has 0 saturated heterocycles. The number of nitrogens with one attached hydrogen (secondary N) is 1. The molecule has 21 heavy (non-hydrogen) atoms. The van der Waals surface area contributed by atoms with E-state index < -0.39 is 4.92 Å². The molecule has 1 aromatic heterocycles. The highest BCUT2D eigenvalue weighted by Gasteiger charge is 2.13. The molecule has 0 unspecified atom stereocenters. The summed E-state index contributed by atoms with van der Waals surface area (Å²) < 4.78 is 1.45. The quantitative estimate of drug-likeness (QED) is 0.313. The van der Waals surface area contributed by atoms with Gasteiger partial charge in [-0.3, -0.25) is 15.5 Å². The summed E-state index contributed by atoms with van der Waals surface area (Å²) in [6.45, 7) is 0. The van der Waals surface area contributed by atoms with Gasteiger partial charge >= 0.3 is 5.69 Å². The Labute approximate surface area is 141 Å². The summed E-state index contributed by atoms with van der Waals surface area (Å²) in [5, 5.41) is 24.6. The number of rotatable bonds is 4. The van der Waals surface area contributed by atoms with Crippen LogP contribution in [0.3, 0.4) is 0 Å². The number of pyridine rings is 1. The first-order valence-electron chi connectivity index (χ1n) is 5.55. The third kappa shape index (κ3) is 3.88. The predicted molar refractivity (Wildman–Crippen MR) is 90.6 cm³/mol. The molecule has 0 saturated carbocycles. The minimum Gasteiger partial charge on any atom is -0.506 e. The smallest absolute Gasteiger partial charge is 0.313 e. The summed E-state index contributed by atoms with van der Waals surface area (Å²) in [5.74, 6) is 0.114. The van der Waals surface area contributed by atoms with Crippen LogP contribution in [0.5, 0.6) is 5.75 Å². The van der Waals surface area contributed by atoms with E-state index in [0.29, 0.717) is 9.13 Å². The number of nitro groups is 1. The first kappa shape index (κ1) is 15.6. The van der Waals surface area contributed by atoms with Gasteiger partial charge in [0, 0.05) is 22.3 Å². The van der Waals surface area contributed by atoms with Crippen molar-refractivity contribution in [3.05, 3.63) is 54.2 Å². The molecule has 7 nitrogen and oxygen atoms in total. The fourth-order valence-electron chi connectivity index (χ4n) is 1.48. The average molecular weight is 463 g/mol. The maximum atomic E-state index is 10.8. The van der Waals surface area contributed by atoms with Crippen molar-refractivity contribution in [3.63, 3.8) is 0 Å². The molecular formula is C12H8BrIN4O3. The number of benzene rings is 1. The number of phenols is 1. The Morgan fingerprint density at radius 3 is 3.00 bits per heavy atom. The van der Waals surface area contributed by atoms with Gasteiger partial charge in [0.15, 0.2) is 0 Å². The number of aromatic hydroxyl groups is 1. The number of hydrogen-bond donors (Lipinski definition) is 2. The largest absolute Gasteiger partial charge is 0.506 e. The highest BCUT2D eigenvalue weighted by molar-refractivity contribution is 14.1. The third-order valence-electron chi connectivity index (χ3n) is 2.41. The lowest BCUT2D eigenvalue weighted by Gasteiger charge is -2.03. The monoisotopic (exact) mass is 462 g/mol. The van der Waals surface area contributed by atoms with E-state index in [1.165, 1.54) is 24.5 Å². The first-order chi connectivity index (χ1) is 9.99. The van der Waals surface area contributed by atoms with Crippen LogP contribution in [0.25, 0.3) is 0 Å². The van der Waals surface area contributed by atoms with Gasteiger partial charge in [-0.25, -0.2) is 4.98 Å². The Hall–Kier alpha value is -1.75. The predicted octanol–water partition coefficient (Wildman–Crippen LogP) is 3.51. The molecule has 0 aliphatic heterocycles. The van der Waals surface area contributed by atoms with Gasteiger partial charge in [0.25, 0.3) is 0 Å². The fraction of sp³-hybridized carbons (Fsp3) is 0. The van der Waals surface area contributed by atoms with E-state index in [0.717, 1.165) is 4.47 Å². The summed E-state index contributed by atoms with van der Waals surface area (Å²) in [5.41, 5.74) is 2.79. The number of halogens is 2. The molecule has 0 aliphatic carbocycles. The summed E-state index contributed by atoms with van der Waals surface area (Å²) in [4.78, 5) is 14.1. The van der Waals surface area contributed by atoms with E-state index >= 15 is 0 Å². The molecule has 0 fully saturated rings. The van der Waals surface area contributed by atoms with Crippen molar-refractivity contribution in [2.24, 2.45) is 5.10 Å². The van der Waals surface area contributed by atoms with Crippen molar-refractivity contribution in [3.8, 4) is 5.75 Å². The highest BCUT2D eigenvalue weighted by Crippen LogP contribution is 2.27. The molecule has 0 bridgehead atoms. The Bertz CT molecular complexity index is 724. The molecule has 2 aromatic rings. The van der Waals surface area contributed by atoms with Gasteiger partial charge in [-0.2, -0.15) is 5.10 Å². The lowest BCUT2D eigenvalue weighted by Crippen LogP contribution is -1.99. The van der Waals surface area contributed by atoms with Crippen LogP contribution in [0.2, 0.25) is 0 Å². The zero-order chi connectivity index (χ0) is 15.4. The van der Waals surface area contributed by atoms with Crippen LogP contribution in [0, 0.1) is 13.7 Å². The Kier molecular flexibility index (Phi) is 5.07. The molecule has 2 N–H and O–H groups in total. The summed E-state index contributed by atoms with van der Waals surface area (Å²) in [6.07, 6.45) is 2.78. The number of anilines is 1. The molecular weight excluding hydrogens is 455 g/mol. The second-order valence-electron chi connectivity index (χ2n) is 3.82. The summed E-state index contributed by atoms with van der Waals surface area (Å²) in [7, 11) is 0. The molecule has 0 radical (unpaired) electrons. The maximum absolute atomic E-state index is 10.8. The van der Waals surface area contributed by atoms with Gasteiger partial charge in [-0.1, -0.05) is 15.9 Å². The average Bonchev–Trinajstić information content (AvgIpc) is 2.44. The molecule has 0 amide bonds. The molecule has 1 heterocycles. The van der Waals surface area contributed by atoms with E-state index in [1.54, 1.807) is 12.1 Å². The van der Waals surface area contributed by atoms with Gasteiger partial charge in [-0.15, -0.1) is 0 Å². The SMILES string of the molecule is O=[N+]([O-])c1cccnc1N/N=C/c1cc(Br)cc(I)c1O. The second kappa shape index (κ2) is 6.80. The van der Waals surface area contributed by atoms with Crippen molar-refractivity contribution < 1.29 is 10.0 Å². The third-order valence-corrected chi connectivity index (χ3v) is 3.70. The minimum absolute atomic E-state index is 0.0305. The maximum Gasteiger partial charge on any atom is 0.313 e. The minimum atomic E-state index is -0.551.